The summed E-state index contributed by atoms with van der Waals surface area (Å²) >= 11 is 0.606. The average Bonchev–Trinajstić information content (AvgIpc) is 3.17. The zero-order chi connectivity index (χ0) is 28.9. The van der Waals surface area contributed by atoms with Crippen LogP contribution in [-0.2, 0) is 24.5 Å². The standard InChI is InChI=1S/C27H23N3O8S2/c1-17(31)28-20-11-13-21(14-12-20)40(35,36)38-25-18(7-6-10-22(25)37-2)15-23-26(33)30(27(34)39-23)16-24(32)29-19-8-4-3-5-9-19/h3-15H,16H2,1-2H3,(H,28,31)(H,29,32)/b23-15-. The van der Waals surface area contributed by atoms with Crippen LogP contribution < -0.4 is 19.6 Å². The quantitative estimate of drug-likeness (QED) is 0.281. The maximum Gasteiger partial charge on any atom is 0.339 e. The summed E-state index contributed by atoms with van der Waals surface area (Å²) in [7, 11) is -3.05. The lowest BCUT2D eigenvalue weighted by Gasteiger charge is -2.14. The summed E-state index contributed by atoms with van der Waals surface area (Å²) in [5.74, 6) is -1.73. The first kappa shape index (κ1) is 28.4. The first-order chi connectivity index (χ1) is 19.1. The SMILES string of the molecule is COc1cccc(/C=C2\SC(=O)N(CC(=O)Nc3ccccc3)C2=O)c1OS(=O)(=O)c1ccc(NC(C)=O)cc1. The predicted molar refractivity (Wildman–Crippen MR) is 149 cm³/mol. The van der Waals surface area contributed by atoms with Gasteiger partial charge in [0.05, 0.1) is 12.0 Å². The summed E-state index contributed by atoms with van der Waals surface area (Å²) in [4.78, 5) is 49.8. The van der Waals surface area contributed by atoms with E-state index in [-0.39, 0.29) is 32.8 Å². The topological polar surface area (TPSA) is 148 Å². The van der Waals surface area contributed by atoms with Gasteiger partial charge in [-0.2, -0.15) is 8.42 Å². The Hall–Kier alpha value is -4.62. The van der Waals surface area contributed by atoms with Crippen molar-refractivity contribution in [1.29, 1.82) is 0 Å². The van der Waals surface area contributed by atoms with Crippen LogP contribution in [0.5, 0.6) is 11.5 Å². The van der Waals surface area contributed by atoms with Crippen molar-refractivity contribution in [2.24, 2.45) is 0 Å². The lowest BCUT2D eigenvalue weighted by molar-refractivity contribution is -0.127. The van der Waals surface area contributed by atoms with Crippen molar-refractivity contribution in [2.45, 2.75) is 11.8 Å². The smallest absolute Gasteiger partial charge is 0.339 e. The van der Waals surface area contributed by atoms with Crippen LogP contribution in [0.2, 0.25) is 0 Å². The second-order valence-electron chi connectivity index (χ2n) is 8.30. The molecule has 3 aromatic carbocycles. The number of benzene rings is 3. The van der Waals surface area contributed by atoms with Gasteiger partial charge in [0.25, 0.3) is 11.1 Å². The molecule has 1 fully saturated rings. The zero-order valence-electron chi connectivity index (χ0n) is 21.2. The average molecular weight is 582 g/mol. The van der Waals surface area contributed by atoms with E-state index in [2.05, 4.69) is 10.6 Å². The van der Waals surface area contributed by atoms with Crippen molar-refractivity contribution in [3.63, 3.8) is 0 Å². The maximum absolute atomic E-state index is 13.1. The van der Waals surface area contributed by atoms with Gasteiger partial charge in [0, 0.05) is 23.9 Å². The Balaban J connectivity index is 1.57. The lowest BCUT2D eigenvalue weighted by atomic mass is 10.1. The Morgan fingerprint density at radius 1 is 0.925 bits per heavy atom. The summed E-state index contributed by atoms with van der Waals surface area (Å²) in [6.07, 6.45) is 1.30. The van der Waals surface area contributed by atoms with E-state index in [0.717, 1.165) is 4.90 Å². The molecule has 0 unspecified atom stereocenters. The Bertz CT molecular complexity index is 1600. The molecule has 0 radical (unpaired) electrons. The number of nitrogens with zero attached hydrogens (tertiary/aromatic N) is 1. The number of anilines is 2. The highest BCUT2D eigenvalue weighted by Gasteiger charge is 2.36. The van der Waals surface area contributed by atoms with Crippen LogP contribution in [0.3, 0.4) is 0 Å². The first-order valence-electron chi connectivity index (χ1n) is 11.7. The molecular weight excluding hydrogens is 558 g/mol. The Kier molecular flexibility index (Phi) is 8.55. The van der Waals surface area contributed by atoms with Gasteiger partial charge >= 0.3 is 10.1 Å². The summed E-state index contributed by atoms with van der Waals surface area (Å²) in [6, 6.07) is 18.4. The number of hydrogen-bond acceptors (Lipinski definition) is 9. The molecule has 1 saturated heterocycles. The van der Waals surface area contributed by atoms with Crippen molar-refractivity contribution in [3.05, 3.63) is 83.3 Å². The second kappa shape index (κ2) is 12.1. The molecule has 13 heteroatoms. The monoisotopic (exact) mass is 581 g/mol. The van der Waals surface area contributed by atoms with Gasteiger partial charge in [-0.05, 0) is 60.3 Å². The van der Waals surface area contributed by atoms with Crippen LogP contribution in [0.1, 0.15) is 12.5 Å². The number of thioether (sulfide) groups is 1. The van der Waals surface area contributed by atoms with Crippen LogP contribution in [0.15, 0.2) is 82.6 Å². The third-order valence-corrected chi connectivity index (χ3v) is 7.55. The third kappa shape index (κ3) is 6.68. The molecule has 0 bridgehead atoms. The predicted octanol–water partition coefficient (Wildman–Crippen LogP) is 4.10. The van der Waals surface area contributed by atoms with Crippen molar-refractivity contribution in [1.82, 2.24) is 4.90 Å². The van der Waals surface area contributed by atoms with E-state index < -0.39 is 33.7 Å². The number of nitrogens with one attached hydrogen (secondary N) is 2. The molecule has 4 amide bonds. The first-order valence-corrected chi connectivity index (χ1v) is 13.9. The fourth-order valence-electron chi connectivity index (χ4n) is 3.61. The summed E-state index contributed by atoms with van der Waals surface area (Å²) in [5, 5.41) is 4.50. The van der Waals surface area contributed by atoms with Crippen LogP contribution >= 0.6 is 11.8 Å². The summed E-state index contributed by atoms with van der Waals surface area (Å²) < 4.78 is 36.8. The number of imide groups is 1. The van der Waals surface area contributed by atoms with E-state index in [0.29, 0.717) is 23.1 Å². The minimum Gasteiger partial charge on any atom is -0.493 e. The fourth-order valence-corrected chi connectivity index (χ4v) is 5.40. The van der Waals surface area contributed by atoms with Crippen LogP contribution in [0, 0.1) is 0 Å². The van der Waals surface area contributed by atoms with Gasteiger partial charge in [0.1, 0.15) is 11.4 Å². The second-order valence-corrected chi connectivity index (χ2v) is 10.8. The number of rotatable bonds is 9. The Morgan fingerprint density at radius 2 is 1.60 bits per heavy atom. The van der Waals surface area contributed by atoms with E-state index in [1.165, 1.54) is 56.5 Å². The molecule has 0 spiro atoms. The highest BCUT2D eigenvalue weighted by molar-refractivity contribution is 8.18. The van der Waals surface area contributed by atoms with E-state index >= 15 is 0 Å². The van der Waals surface area contributed by atoms with Gasteiger partial charge in [0.2, 0.25) is 11.8 Å². The maximum atomic E-state index is 13.1. The fraction of sp³-hybridized carbons (Fsp3) is 0.111. The molecule has 1 aliphatic rings. The van der Waals surface area contributed by atoms with E-state index in [1.807, 2.05) is 0 Å². The van der Waals surface area contributed by atoms with Gasteiger partial charge in [-0.15, -0.1) is 0 Å². The summed E-state index contributed by atoms with van der Waals surface area (Å²) in [5.41, 5.74) is 1.06. The molecule has 3 aromatic rings. The molecule has 1 heterocycles. The molecular formula is C27H23N3O8S2. The number of hydrogen-bond donors (Lipinski definition) is 2. The zero-order valence-corrected chi connectivity index (χ0v) is 22.9. The van der Waals surface area contributed by atoms with Crippen molar-refractivity contribution >= 4 is 62.3 Å². The molecule has 4 rings (SSSR count). The van der Waals surface area contributed by atoms with E-state index in [1.54, 1.807) is 36.4 Å². The van der Waals surface area contributed by atoms with Gasteiger partial charge in [-0.25, -0.2) is 0 Å². The van der Waals surface area contributed by atoms with Crippen LogP contribution in [0.25, 0.3) is 6.08 Å². The molecule has 11 nitrogen and oxygen atoms in total. The normalized spacial score (nSPS) is 14.2. The van der Waals surface area contributed by atoms with E-state index in [4.69, 9.17) is 8.92 Å². The van der Waals surface area contributed by atoms with Gasteiger partial charge in [-0.3, -0.25) is 24.1 Å². The number of amides is 4. The number of para-hydroxylation sites is 2. The van der Waals surface area contributed by atoms with E-state index in [9.17, 15) is 27.6 Å². The number of ether oxygens (including phenoxy) is 1. The lowest BCUT2D eigenvalue weighted by Crippen LogP contribution is -2.36. The number of methoxy groups -OCH3 is 1. The highest BCUT2D eigenvalue weighted by atomic mass is 32.2. The van der Waals surface area contributed by atoms with Crippen molar-refractivity contribution in [2.75, 3.05) is 24.3 Å². The van der Waals surface area contributed by atoms with Gasteiger partial charge in [-0.1, -0.05) is 30.3 Å². The Morgan fingerprint density at radius 3 is 2.25 bits per heavy atom. The third-order valence-electron chi connectivity index (χ3n) is 5.41. The Labute approximate surface area is 234 Å². The molecule has 40 heavy (non-hydrogen) atoms. The minimum absolute atomic E-state index is 0.0346. The molecule has 2 N–H and O–H groups in total. The highest BCUT2D eigenvalue weighted by Crippen LogP contribution is 2.38. The van der Waals surface area contributed by atoms with Crippen molar-refractivity contribution < 1.29 is 36.5 Å². The van der Waals surface area contributed by atoms with Gasteiger partial charge in [0.15, 0.2) is 11.5 Å². The van der Waals surface area contributed by atoms with Crippen LogP contribution in [-0.4, -0.2) is 49.9 Å². The molecule has 0 saturated carbocycles. The molecule has 0 aromatic heterocycles. The molecule has 1 aliphatic heterocycles. The summed E-state index contributed by atoms with van der Waals surface area (Å²) in [6.45, 7) is 0.826. The van der Waals surface area contributed by atoms with Gasteiger partial charge < -0.3 is 19.6 Å². The molecule has 0 atom stereocenters. The number of carbonyl (C=O) groups excluding carboxylic acids is 4. The largest absolute Gasteiger partial charge is 0.493 e. The molecule has 0 aliphatic carbocycles. The minimum atomic E-state index is -4.37. The van der Waals surface area contributed by atoms with Crippen molar-refractivity contribution in [3.8, 4) is 11.5 Å². The molecule has 206 valence electrons. The number of carbonyl (C=O) groups is 4. The van der Waals surface area contributed by atoms with Crippen LogP contribution in [0.4, 0.5) is 16.2 Å².